The van der Waals surface area contributed by atoms with E-state index in [0.717, 1.165) is 30.5 Å². The van der Waals surface area contributed by atoms with Crippen molar-refractivity contribution in [3.8, 4) is 0 Å². The second-order valence-electron chi connectivity index (χ2n) is 7.51. The fraction of sp³-hybridized carbons (Fsp3) is 0.261. The quantitative estimate of drug-likeness (QED) is 0.689. The first-order valence-electron chi connectivity index (χ1n) is 9.99. The first-order chi connectivity index (χ1) is 14.5. The van der Waals surface area contributed by atoms with E-state index in [4.69, 9.17) is 11.6 Å². The zero-order chi connectivity index (χ0) is 21.1. The van der Waals surface area contributed by atoms with Gasteiger partial charge in [0, 0.05) is 36.3 Å². The van der Waals surface area contributed by atoms with Gasteiger partial charge < -0.3 is 15.5 Å². The van der Waals surface area contributed by atoms with Gasteiger partial charge in [0.2, 0.25) is 11.8 Å². The number of halogens is 1. The minimum absolute atomic E-state index is 0.0724. The average molecular weight is 424 g/mol. The Hall–Kier alpha value is -3.12. The van der Waals surface area contributed by atoms with E-state index in [9.17, 15) is 14.4 Å². The molecule has 1 heterocycles. The lowest BCUT2D eigenvalue weighted by molar-refractivity contribution is -0.117. The summed E-state index contributed by atoms with van der Waals surface area (Å²) in [5, 5.41) is 6.10. The number of hydrogen-bond donors (Lipinski definition) is 2. The molecule has 1 aliphatic carbocycles. The van der Waals surface area contributed by atoms with Crippen molar-refractivity contribution < 1.29 is 14.4 Å². The summed E-state index contributed by atoms with van der Waals surface area (Å²) < 4.78 is 0. The number of nitrogens with zero attached hydrogens (tertiary/aromatic N) is 1. The predicted octanol–water partition coefficient (Wildman–Crippen LogP) is 4.01. The van der Waals surface area contributed by atoms with Gasteiger partial charge in [0.15, 0.2) is 0 Å². The summed E-state index contributed by atoms with van der Waals surface area (Å²) in [5.74, 6) is -0.335. The molecule has 2 aliphatic rings. The van der Waals surface area contributed by atoms with E-state index in [1.807, 2.05) is 0 Å². The van der Waals surface area contributed by atoms with Crippen LogP contribution in [0.25, 0.3) is 6.08 Å². The maximum Gasteiger partial charge on any atom is 0.251 e. The number of rotatable bonds is 6. The van der Waals surface area contributed by atoms with Crippen molar-refractivity contribution in [2.75, 3.05) is 16.8 Å². The minimum atomic E-state index is -0.336. The van der Waals surface area contributed by atoms with Crippen molar-refractivity contribution in [1.29, 1.82) is 0 Å². The van der Waals surface area contributed by atoms with Gasteiger partial charge in [-0.2, -0.15) is 0 Å². The largest absolute Gasteiger partial charge is 0.349 e. The lowest BCUT2D eigenvalue weighted by Gasteiger charge is -2.17. The topological polar surface area (TPSA) is 78.5 Å². The van der Waals surface area contributed by atoms with E-state index in [0.29, 0.717) is 35.3 Å². The lowest BCUT2D eigenvalue weighted by atomic mass is 10.1. The Morgan fingerprint density at radius 3 is 2.53 bits per heavy atom. The van der Waals surface area contributed by atoms with Crippen LogP contribution in [0.3, 0.4) is 0 Å². The molecule has 2 aromatic carbocycles. The molecule has 6 nitrogen and oxygen atoms in total. The van der Waals surface area contributed by atoms with Crippen LogP contribution in [0.4, 0.5) is 11.4 Å². The molecular weight excluding hydrogens is 402 g/mol. The molecular formula is C23H22ClN3O3. The maximum absolute atomic E-state index is 12.3. The van der Waals surface area contributed by atoms with Crippen molar-refractivity contribution in [1.82, 2.24) is 5.32 Å². The molecule has 1 saturated heterocycles. The fourth-order valence-corrected chi connectivity index (χ4v) is 3.45. The normalized spacial score (nSPS) is 16.2. The molecule has 0 bridgehead atoms. The van der Waals surface area contributed by atoms with Crippen LogP contribution in [0.5, 0.6) is 0 Å². The zero-order valence-corrected chi connectivity index (χ0v) is 17.1. The van der Waals surface area contributed by atoms with E-state index >= 15 is 0 Å². The van der Waals surface area contributed by atoms with Crippen LogP contribution in [-0.4, -0.2) is 30.3 Å². The highest BCUT2D eigenvalue weighted by Crippen LogP contribution is 2.30. The molecule has 0 spiro atoms. The van der Waals surface area contributed by atoms with Gasteiger partial charge in [-0.3, -0.25) is 14.4 Å². The SMILES string of the molecule is O=C(/C=C/c1ccc(C(=O)NC2CC2)cc1)Nc1cc(N2CCCC2=O)ccc1Cl. The third-order valence-electron chi connectivity index (χ3n) is 5.11. The fourth-order valence-electron chi connectivity index (χ4n) is 3.29. The Morgan fingerprint density at radius 1 is 1.10 bits per heavy atom. The van der Waals surface area contributed by atoms with E-state index < -0.39 is 0 Å². The highest BCUT2D eigenvalue weighted by Gasteiger charge is 2.24. The Balaban J connectivity index is 1.38. The molecule has 154 valence electrons. The minimum Gasteiger partial charge on any atom is -0.349 e. The smallest absolute Gasteiger partial charge is 0.251 e. The highest BCUT2D eigenvalue weighted by atomic mass is 35.5. The monoisotopic (exact) mass is 423 g/mol. The molecule has 0 aromatic heterocycles. The van der Waals surface area contributed by atoms with Crippen LogP contribution in [0, 0.1) is 0 Å². The highest BCUT2D eigenvalue weighted by molar-refractivity contribution is 6.34. The molecule has 2 aromatic rings. The van der Waals surface area contributed by atoms with Crippen LogP contribution in [-0.2, 0) is 9.59 Å². The van der Waals surface area contributed by atoms with Crippen LogP contribution in [0.1, 0.15) is 41.6 Å². The van der Waals surface area contributed by atoms with Crippen LogP contribution in [0.15, 0.2) is 48.5 Å². The van der Waals surface area contributed by atoms with Crippen molar-refractivity contribution in [3.05, 3.63) is 64.7 Å². The molecule has 2 fully saturated rings. The van der Waals surface area contributed by atoms with Gasteiger partial charge in [0.05, 0.1) is 10.7 Å². The Kier molecular flexibility index (Phi) is 5.86. The molecule has 0 unspecified atom stereocenters. The molecule has 0 radical (unpaired) electrons. The molecule has 2 N–H and O–H groups in total. The third-order valence-corrected chi connectivity index (χ3v) is 5.44. The summed E-state index contributed by atoms with van der Waals surface area (Å²) in [7, 11) is 0. The van der Waals surface area contributed by atoms with Crippen molar-refractivity contribution in [2.24, 2.45) is 0 Å². The molecule has 1 saturated carbocycles. The number of amides is 3. The van der Waals surface area contributed by atoms with Gasteiger partial charge in [0.1, 0.15) is 0 Å². The average Bonchev–Trinajstić information content (AvgIpc) is 3.45. The summed E-state index contributed by atoms with van der Waals surface area (Å²) in [4.78, 5) is 38.0. The maximum atomic E-state index is 12.3. The third kappa shape index (κ3) is 4.89. The summed E-state index contributed by atoms with van der Waals surface area (Å²) in [5.41, 5.74) is 2.58. The van der Waals surface area contributed by atoms with Gasteiger partial charge in [-0.25, -0.2) is 0 Å². The van der Waals surface area contributed by atoms with Crippen LogP contribution in [0.2, 0.25) is 5.02 Å². The van der Waals surface area contributed by atoms with Crippen molar-refractivity contribution >= 4 is 46.8 Å². The Labute approximate surface area is 179 Å². The molecule has 7 heteroatoms. The number of benzene rings is 2. The second-order valence-corrected chi connectivity index (χ2v) is 7.91. The van der Waals surface area contributed by atoms with E-state index in [-0.39, 0.29) is 17.7 Å². The predicted molar refractivity (Wildman–Crippen MR) is 118 cm³/mol. The van der Waals surface area contributed by atoms with Crippen LogP contribution >= 0.6 is 11.6 Å². The molecule has 0 atom stereocenters. The number of anilines is 2. The molecule has 30 heavy (non-hydrogen) atoms. The number of nitrogens with one attached hydrogen (secondary N) is 2. The summed E-state index contributed by atoms with van der Waals surface area (Å²) in [6, 6.07) is 12.5. The number of hydrogen-bond acceptors (Lipinski definition) is 3. The zero-order valence-electron chi connectivity index (χ0n) is 16.4. The Morgan fingerprint density at radius 2 is 1.87 bits per heavy atom. The molecule has 1 aliphatic heterocycles. The molecule has 3 amide bonds. The number of carbonyl (C=O) groups is 3. The van der Waals surface area contributed by atoms with E-state index in [1.54, 1.807) is 53.4 Å². The second kappa shape index (κ2) is 8.71. The van der Waals surface area contributed by atoms with Gasteiger partial charge in [-0.1, -0.05) is 23.7 Å². The first-order valence-corrected chi connectivity index (χ1v) is 10.4. The van der Waals surface area contributed by atoms with E-state index in [1.165, 1.54) is 6.08 Å². The number of carbonyl (C=O) groups excluding carboxylic acids is 3. The van der Waals surface area contributed by atoms with Crippen LogP contribution < -0.4 is 15.5 Å². The molecule has 4 rings (SSSR count). The van der Waals surface area contributed by atoms with Gasteiger partial charge in [-0.15, -0.1) is 0 Å². The van der Waals surface area contributed by atoms with E-state index in [2.05, 4.69) is 10.6 Å². The van der Waals surface area contributed by atoms with Crippen molar-refractivity contribution in [3.63, 3.8) is 0 Å². The summed E-state index contributed by atoms with van der Waals surface area (Å²) in [6.45, 7) is 0.669. The summed E-state index contributed by atoms with van der Waals surface area (Å²) >= 11 is 6.21. The summed E-state index contributed by atoms with van der Waals surface area (Å²) in [6.07, 6.45) is 6.52. The lowest BCUT2D eigenvalue weighted by Crippen LogP contribution is -2.25. The first kappa shape index (κ1) is 20.2. The van der Waals surface area contributed by atoms with Gasteiger partial charge >= 0.3 is 0 Å². The van der Waals surface area contributed by atoms with Gasteiger partial charge in [0.25, 0.3) is 5.91 Å². The standard InChI is InChI=1S/C23H22ClN3O3/c24-19-11-10-18(27-13-1-2-22(27)29)14-20(19)26-21(28)12-5-15-3-6-16(7-4-15)23(30)25-17-8-9-17/h3-7,10-12,14,17H,1-2,8-9,13H2,(H,25,30)(H,26,28)/b12-5+. The van der Waals surface area contributed by atoms with Crippen molar-refractivity contribution in [2.45, 2.75) is 31.7 Å². The Bertz CT molecular complexity index is 1010. The van der Waals surface area contributed by atoms with Gasteiger partial charge in [-0.05, 0) is 61.2 Å².